The molecule has 0 aromatic rings. The molecule has 0 radical (unpaired) electrons. The number of hydrogen-bond acceptors (Lipinski definition) is 0. The Labute approximate surface area is 89.6 Å². The Morgan fingerprint density at radius 3 is 2.57 bits per heavy atom. The van der Waals surface area contributed by atoms with Crippen molar-refractivity contribution in [3.8, 4) is 0 Å². The van der Waals surface area contributed by atoms with E-state index in [4.69, 9.17) is 0 Å². The van der Waals surface area contributed by atoms with Crippen molar-refractivity contribution in [1.82, 2.24) is 0 Å². The van der Waals surface area contributed by atoms with Gasteiger partial charge in [-0.1, -0.05) is 56.5 Å². The van der Waals surface area contributed by atoms with Crippen molar-refractivity contribution < 1.29 is 0 Å². The van der Waals surface area contributed by atoms with E-state index in [1.807, 2.05) is 0 Å². The van der Waals surface area contributed by atoms with E-state index in [-0.39, 0.29) is 0 Å². The molecule has 14 heavy (non-hydrogen) atoms. The van der Waals surface area contributed by atoms with Crippen LogP contribution in [0.25, 0.3) is 0 Å². The molecule has 1 saturated carbocycles. The normalized spacial score (nSPS) is 29.9. The van der Waals surface area contributed by atoms with Gasteiger partial charge in [0.05, 0.1) is 0 Å². The van der Waals surface area contributed by atoms with Gasteiger partial charge in [-0.05, 0) is 24.7 Å². The van der Waals surface area contributed by atoms with Gasteiger partial charge in [-0.15, -0.1) is 0 Å². The highest BCUT2D eigenvalue weighted by Gasteiger charge is 2.20. The van der Waals surface area contributed by atoms with Gasteiger partial charge in [-0.2, -0.15) is 0 Å². The van der Waals surface area contributed by atoms with Crippen LogP contribution in [0, 0.1) is 11.8 Å². The van der Waals surface area contributed by atoms with Crippen molar-refractivity contribution in [2.75, 3.05) is 0 Å². The zero-order valence-corrected chi connectivity index (χ0v) is 9.54. The van der Waals surface area contributed by atoms with Gasteiger partial charge < -0.3 is 0 Å². The van der Waals surface area contributed by atoms with Crippen molar-refractivity contribution in [3.05, 3.63) is 12.2 Å². The summed E-state index contributed by atoms with van der Waals surface area (Å²) in [6.07, 6.45) is 16.6. The van der Waals surface area contributed by atoms with E-state index >= 15 is 0 Å². The molecule has 0 bridgehead atoms. The van der Waals surface area contributed by atoms with Crippen LogP contribution >= 0.6 is 0 Å². The number of allylic oxidation sites excluding steroid dienone is 2. The topological polar surface area (TPSA) is 0 Å². The zero-order valence-electron chi connectivity index (χ0n) is 9.54. The third-order valence-corrected chi connectivity index (χ3v) is 4.03. The summed E-state index contributed by atoms with van der Waals surface area (Å²) in [5.74, 6) is 2.97. The SMILES string of the molecule is BC(CC1C=CCC1)CC1CCCC1. The van der Waals surface area contributed by atoms with Crippen molar-refractivity contribution >= 4 is 7.85 Å². The monoisotopic (exact) mass is 190 g/mol. The molecule has 0 spiro atoms. The quantitative estimate of drug-likeness (QED) is 0.471. The van der Waals surface area contributed by atoms with Crippen LogP contribution in [-0.2, 0) is 0 Å². The molecule has 0 aliphatic heterocycles. The van der Waals surface area contributed by atoms with E-state index in [1.165, 1.54) is 51.4 Å². The average Bonchev–Trinajstić information content (AvgIpc) is 2.76. The molecule has 0 aromatic heterocycles. The Kier molecular flexibility index (Phi) is 3.72. The van der Waals surface area contributed by atoms with Gasteiger partial charge in [-0.25, -0.2) is 0 Å². The van der Waals surface area contributed by atoms with Gasteiger partial charge in [0.15, 0.2) is 0 Å². The fraction of sp³-hybridized carbons (Fsp3) is 0.846. The summed E-state index contributed by atoms with van der Waals surface area (Å²) >= 11 is 0. The fourth-order valence-corrected chi connectivity index (χ4v) is 3.32. The van der Waals surface area contributed by atoms with E-state index in [0.717, 1.165) is 17.7 Å². The Balaban J connectivity index is 1.66. The molecular formula is C13H23B. The first-order valence-electron chi connectivity index (χ1n) is 6.51. The van der Waals surface area contributed by atoms with Crippen LogP contribution in [0.5, 0.6) is 0 Å². The van der Waals surface area contributed by atoms with E-state index in [0.29, 0.717) is 0 Å². The smallest absolute Gasteiger partial charge is 0.0882 e. The second kappa shape index (κ2) is 5.05. The number of hydrogen-bond donors (Lipinski definition) is 0. The Bertz CT molecular complexity index is 191. The molecule has 0 aromatic carbocycles. The molecule has 0 N–H and O–H groups in total. The Morgan fingerprint density at radius 1 is 1.14 bits per heavy atom. The summed E-state index contributed by atoms with van der Waals surface area (Å²) in [5.41, 5.74) is 0. The molecule has 0 heterocycles. The third-order valence-electron chi connectivity index (χ3n) is 4.03. The molecule has 78 valence electrons. The van der Waals surface area contributed by atoms with E-state index in [9.17, 15) is 0 Å². The largest absolute Gasteiger partial charge is 0.105 e. The standard InChI is InChI=1S/C13H23B/c14-13(9-11-5-1-2-6-11)10-12-7-3-4-8-12/h1,5,11-13H,2-4,6-10,14H2. The van der Waals surface area contributed by atoms with Gasteiger partial charge in [0.1, 0.15) is 7.85 Å². The first kappa shape index (κ1) is 10.3. The van der Waals surface area contributed by atoms with Crippen LogP contribution in [0.15, 0.2) is 12.2 Å². The van der Waals surface area contributed by atoms with Crippen molar-refractivity contribution in [3.63, 3.8) is 0 Å². The van der Waals surface area contributed by atoms with Gasteiger partial charge >= 0.3 is 0 Å². The van der Waals surface area contributed by atoms with Crippen LogP contribution in [0.2, 0.25) is 5.82 Å². The number of rotatable bonds is 4. The lowest BCUT2D eigenvalue weighted by Gasteiger charge is -2.18. The minimum atomic E-state index is 0.923. The lowest BCUT2D eigenvalue weighted by Crippen LogP contribution is -2.05. The minimum absolute atomic E-state index is 0.923. The molecule has 1 fully saturated rings. The lowest BCUT2D eigenvalue weighted by atomic mass is 9.74. The van der Waals surface area contributed by atoms with E-state index in [2.05, 4.69) is 20.0 Å². The lowest BCUT2D eigenvalue weighted by molar-refractivity contribution is 0.442. The predicted molar refractivity (Wildman–Crippen MR) is 65.4 cm³/mol. The minimum Gasteiger partial charge on any atom is -0.0882 e. The molecule has 0 nitrogen and oxygen atoms in total. The molecule has 0 saturated heterocycles. The molecule has 2 aliphatic rings. The van der Waals surface area contributed by atoms with Crippen molar-refractivity contribution in [2.24, 2.45) is 11.8 Å². The molecule has 1 heteroatoms. The Hall–Kier alpha value is -0.195. The summed E-state index contributed by atoms with van der Waals surface area (Å²) in [6, 6.07) is 0. The summed E-state index contributed by atoms with van der Waals surface area (Å²) in [5, 5.41) is 0. The maximum absolute atomic E-state index is 2.46. The average molecular weight is 190 g/mol. The Morgan fingerprint density at radius 2 is 1.93 bits per heavy atom. The van der Waals surface area contributed by atoms with Crippen LogP contribution < -0.4 is 0 Å². The second-order valence-corrected chi connectivity index (χ2v) is 5.49. The molecule has 2 rings (SSSR count). The molecule has 0 amide bonds. The van der Waals surface area contributed by atoms with Gasteiger partial charge in [0.25, 0.3) is 0 Å². The van der Waals surface area contributed by atoms with Crippen molar-refractivity contribution in [2.45, 2.75) is 57.2 Å². The molecular weight excluding hydrogens is 167 g/mol. The molecule has 2 aliphatic carbocycles. The maximum Gasteiger partial charge on any atom is 0.105 e. The highest BCUT2D eigenvalue weighted by atomic mass is 14.2. The third kappa shape index (κ3) is 2.90. The highest BCUT2D eigenvalue weighted by Crippen LogP contribution is 2.35. The summed E-state index contributed by atoms with van der Waals surface area (Å²) < 4.78 is 0. The van der Waals surface area contributed by atoms with Crippen LogP contribution in [0.3, 0.4) is 0 Å². The van der Waals surface area contributed by atoms with Crippen molar-refractivity contribution in [1.29, 1.82) is 0 Å². The maximum atomic E-state index is 2.46. The first-order valence-corrected chi connectivity index (χ1v) is 6.51. The van der Waals surface area contributed by atoms with Crippen LogP contribution in [0.4, 0.5) is 0 Å². The second-order valence-electron chi connectivity index (χ2n) is 5.49. The van der Waals surface area contributed by atoms with E-state index < -0.39 is 0 Å². The first-order chi connectivity index (χ1) is 6.84. The summed E-state index contributed by atoms with van der Waals surface area (Å²) in [7, 11) is 2.46. The predicted octanol–water partition coefficient (Wildman–Crippen LogP) is 3.34. The van der Waals surface area contributed by atoms with Gasteiger partial charge in [0.2, 0.25) is 0 Å². The van der Waals surface area contributed by atoms with E-state index in [1.54, 1.807) is 0 Å². The summed E-state index contributed by atoms with van der Waals surface area (Å²) in [6.45, 7) is 0. The van der Waals surface area contributed by atoms with Crippen LogP contribution in [-0.4, -0.2) is 7.85 Å². The molecule has 2 atom stereocenters. The highest BCUT2D eigenvalue weighted by molar-refractivity contribution is 6.11. The van der Waals surface area contributed by atoms with Gasteiger partial charge in [0, 0.05) is 0 Å². The fourth-order valence-electron chi connectivity index (χ4n) is 3.32. The summed E-state index contributed by atoms with van der Waals surface area (Å²) in [4.78, 5) is 0. The van der Waals surface area contributed by atoms with Crippen LogP contribution in [0.1, 0.15) is 51.4 Å². The zero-order chi connectivity index (χ0) is 9.80. The van der Waals surface area contributed by atoms with Gasteiger partial charge in [-0.3, -0.25) is 0 Å². The molecule has 2 unspecified atom stereocenters.